The van der Waals surface area contributed by atoms with Crippen molar-refractivity contribution >= 4 is 23.5 Å². The number of ether oxygens (including phenoxy) is 1. The zero-order valence-corrected chi connectivity index (χ0v) is 14.2. The third-order valence-corrected chi connectivity index (χ3v) is 6.85. The van der Waals surface area contributed by atoms with Gasteiger partial charge in [-0.2, -0.15) is 23.5 Å². The van der Waals surface area contributed by atoms with Crippen LogP contribution < -0.4 is 10.1 Å². The molecule has 1 N–H and O–H groups in total. The Morgan fingerprint density at radius 1 is 1.30 bits per heavy atom. The van der Waals surface area contributed by atoms with Crippen molar-refractivity contribution in [3.05, 3.63) is 29.8 Å². The maximum Gasteiger partial charge on any atom is 0.123 e. The van der Waals surface area contributed by atoms with Crippen LogP contribution in [0.25, 0.3) is 0 Å². The largest absolute Gasteiger partial charge is 0.496 e. The Kier molecular flexibility index (Phi) is 6.59. The van der Waals surface area contributed by atoms with Crippen LogP contribution in [0, 0.1) is 0 Å². The average Bonchev–Trinajstić information content (AvgIpc) is 2.49. The SMILES string of the molecule is CCCNC(c1ccccc1OC)C1SCCSC1C. The fourth-order valence-corrected chi connectivity index (χ4v) is 5.58. The van der Waals surface area contributed by atoms with E-state index in [4.69, 9.17) is 4.74 Å². The highest BCUT2D eigenvalue weighted by Gasteiger charge is 2.32. The number of benzene rings is 1. The van der Waals surface area contributed by atoms with Crippen molar-refractivity contribution < 1.29 is 4.74 Å². The predicted octanol–water partition coefficient (Wildman–Crippen LogP) is 3.97. The van der Waals surface area contributed by atoms with E-state index in [9.17, 15) is 0 Å². The van der Waals surface area contributed by atoms with E-state index in [0.29, 0.717) is 16.5 Å². The molecule has 0 aliphatic carbocycles. The van der Waals surface area contributed by atoms with Crippen molar-refractivity contribution in [2.24, 2.45) is 0 Å². The number of para-hydroxylation sites is 1. The molecule has 0 saturated carbocycles. The van der Waals surface area contributed by atoms with Gasteiger partial charge in [0.1, 0.15) is 5.75 Å². The minimum atomic E-state index is 0.374. The molecule has 0 radical (unpaired) electrons. The van der Waals surface area contributed by atoms with Gasteiger partial charge in [0.15, 0.2) is 0 Å². The van der Waals surface area contributed by atoms with E-state index < -0.39 is 0 Å². The molecule has 0 aromatic heterocycles. The van der Waals surface area contributed by atoms with Crippen LogP contribution >= 0.6 is 23.5 Å². The van der Waals surface area contributed by atoms with E-state index in [1.165, 1.54) is 17.1 Å². The van der Waals surface area contributed by atoms with Gasteiger partial charge < -0.3 is 10.1 Å². The van der Waals surface area contributed by atoms with Crippen molar-refractivity contribution in [3.63, 3.8) is 0 Å². The highest BCUT2D eigenvalue weighted by atomic mass is 32.2. The van der Waals surface area contributed by atoms with Gasteiger partial charge in [-0.25, -0.2) is 0 Å². The average molecular weight is 312 g/mol. The molecule has 0 spiro atoms. The second kappa shape index (κ2) is 8.20. The van der Waals surface area contributed by atoms with E-state index in [2.05, 4.69) is 60.9 Å². The first kappa shape index (κ1) is 16.1. The number of rotatable bonds is 6. The Hall–Kier alpha value is -0.320. The summed E-state index contributed by atoms with van der Waals surface area (Å²) in [7, 11) is 1.77. The van der Waals surface area contributed by atoms with Crippen molar-refractivity contribution in [2.75, 3.05) is 25.2 Å². The first-order chi connectivity index (χ1) is 9.77. The van der Waals surface area contributed by atoms with Crippen molar-refractivity contribution in [1.29, 1.82) is 0 Å². The minimum Gasteiger partial charge on any atom is -0.496 e. The molecule has 112 valence electrons. The summed E-state index contributed by atoms with van der Waals surface area (Å²) in [6.45, 7) is 5.63. The topological polar surface area (TPSA) is 21.3 Å². The van der Waals surface area contributed by atoms with Crippen molar-refractivity contribution in [3.8, 4) is 5.75 Å². The lowest BCUT2D eigenvalue weighted by Crippen LogP contribution is -2.38. The molecular weight excluding hydrogens is 286 g/mol. The number of hydrogen-bond donors (Lipinski definition) is 1. The summed E-state index contributed by atoms with van der Waals surface area (Å²) >= 11 is 4.20. The van der Waals surface area contributed by atoms with Gasteiger partial charge in [0.05, 0.1) is 7.11 Å². The van der Waals surface area contributed by atoms with Crippen LogP contribution in [-0.4, -0.2) is 35.7 Å². The normalized spacial score (nSPS) is 24.4. The van der Waals surface area contributed by atoms with E-state index >= 15 is 0 Å². The first-order valence-corrected chi connectivity index (χ1v) is 9.47. The Labute approximate surface area is 131 Å². The molecule has 1 aromatic rings. The lowest BCUT2D eigenvalue weighted by atomic mass is 10.00. The van der Waals surface area contributed by atoms with Crippen LogP contribution in [-0.2, 0) is 0 Å². The van der Waals surface area contributed by atoms with Gasteiger partial charge in [0, 0.05) is 33.6 Å². The molecule has 4 heteroatoms. The van der Waals surface area contributed by atoms with Crippen LogP contribution in [0.5, 0.6) is 5.75 Å². The van der Waals surface area contributed by atoms with Gasteiger partial charge in [-0.05, 0) is 19.0 Å². The summed E-state index contributed by atoms with van der Waals surface area (Å²) in [5, 5.41) is 5.03. The van der Waals surface area contributed by atoms with Gasteiger partial charge >= 0.3 is 0 Å². The third kappa shape index (κ3) is 3.86. The molecule has 3 atom stereocenters. The Balaban J connectivity index is 2.25. The zero-order chi connectivity index (χ0) is 14.4. The zero-order valence-electron chi connectivity index (χ0n) is 12.6. The molecule has 1 aliphatic rings. The Morgan fingerprint density at radius 2 is 2.05 bits per heavy atom. The molecule has 0 amide bonds. The highest BCUT2D eigenvalue weighted by molar-refractivity contribution is 8.07. The molecule has 3 unspecified atom stereocenters. The van der Waals surface area contributed by atoms with Crippen LogP contribution in [0.4, 0.5) is 0 Å². The molecule has 1 aromatic carbocycles. The second-order valence-electron chi connectivity index (χ2n) is 5.09. The molecule has 1 fully saturated rings. The monoisotopic (exact) mass is 311 g/mol. The van der Waals surface area contributed by atoms with Crippen LogP contribution in [0.1, 0.15) is 31.9 Å². The van der Waals surface area contributed by atoms with Crippen molar-refractivity contribution in [1.82, 2.24) is 5.32 Å². The fraction of sp³-hybridized carbons (Fsp3) is 0.625. The van der Waals surface area contributed by atoms with Crippen LogP contribution in [0.3, 0.4) is 0 Å². The quantitative estimate of drug-likeness (QED) is 0.857. The maximum atomic E-state index is 5.58. The van der Waals surface area contributed by atoms with E-state index in [1.54, 1.807) is 7.11 Å². The fourth-order valence-electron chi connectivity index (χ4n) is 2.64. The summed E-state index contributed by atoms with van der Waals surface area (Å²) in [4.78, 5) is 0. The first-order valence-electron chi connectivity index (χ1n) is 7.37. The smallest absolute Gasteiger partial charge is 0.123 e. The molecule has 2 rings (SSSR count). The number of hydrogen-bond acceptors (Lipinski definition) is 4. The molecular formula is C16H25NOS2. The summed E-state index contributed by atoms with van der Waals surface area (Å²) < 4.78 is 5.58. The minimum absolute atomic E-state index is 0.374. The maximum absolute atomic E-state index is 5.58. The molecule has 1 aliphatic heterocycles. The van der Waals surface area contributed by atoms with Gasteiger partial charge in [-0.15, -0.1) is 0 Å². The lowest BCUT2D eigenvalue weighted by Gasteiger charge is -2.35. The van der Waals surface area contributed by atoms with Crippen LogP contribution in [0.2, 0.25) is 0 Å². The summed E-state index contributed by atoms with van der Waals surface area (Å²) in [5.74, 6) is 3.53. The van der Waals surface area contributed by atoms with Gasteiger partial charge in [-0.1, -0.05) is 32.0 Å². The third-order valence-electron chi connectivity index (χ3n) is 3.65. The molecule has 1 saturated heterocycles. The standard InChI is InChI=1S/C16H25NOS2/c1-4-9-17-15(16-12(2)19-10-11-20-16)13-7-5-6-8-14(13)18-3/h5-8,12,15-17H,4,9-11H2,1-3H3. The lowest BCUT2D eigenvalue weighted by molar-refractivity contribution is 0.396. The Bertz CT molecular complexity index is 413. The highest BCUT2D eigenvalue weighted by Crippen LogP contribution is 2.40. The van der Waals surface area contributed by atoms with Gasteiger partial charge in [-0.3, -0.25) is 0 Å². The Morgan fingerprint density at radius 3 is 2.75 bits per heavy atom. The molecule has 0 bridgehead atoms. The number of nitrogens with one attached hydrogen (secondary N) is 1. The van der Waals surface area contributed by atoms with E-state index in [0.717, 1.165) is 18.7 Å². The molecule has 2 nitrogen and oxygen atoms in total. The van der Waals surface area contributed by atoms with E-state index in [-0.39, 0.29) is 0 Å². The van der Waals surface area contributed by atoms with Crippen LogP contribution in [0.15, 0.2) is 24.3 Å². The number of methoxy groups -OCH3 is 1. The van der Waals surface area contributed by atoms with Gasteiger partial charge in [0.2, 0.25) is 0 Å². The van der Waals surface area contributed by atoms with Gasteiger partial charge in [0.25, 0.3) is 0 Å². The van der Waals surface area contributed by atoms with E-state index in [1.807, 2.05) is 6.07 Å². The summed E-state index contributed by atoms with van der Waals surface area (Å²) in [6.07, 6.45) is 1.16. The summed E-state index contributed by atoms with van der Waals surface area (Å²) in [5.41, 5.74) is 1.30. The predicted molar refractivity (Wildman–Crippen MR) is 92.2 cm³/mol. The summed E-state index contributed by atoms with van der Waals surface area (Å²) in [6, 6.07) is 8.81. The molecule has 1 heterocycles. The second-order valence-corrected chi connectivity index (χ2v) is 7.86. The molecule has 20 heavy (non-hydrogen) atoms. The number of thioether (sulfide) groups is 2. The van der Waals surface area contributed by atoms with Crippen molar-refractivity contribution in [2.45, 2.75) is 36.8 Å².